The average Bonchev–Trinajstić information content (AvgIpc) is 2.35. The zero-order valence-electron chi connectivity index (χ0n) is 7.35. The number of halogens is 2. The fourth-order valence-corrected chi connectivity index (χ4v) is 1.14. The van der Waals surface area contributed by atoms with E-state index in [9.17, 15) is 0 Å². The highest BCUT2D eigenvalue weighted by Gasteiger charge is 2.02. The Morgan fingerprint density at radius 2 is 2.46 bits per heavy atom. The first kappa shape index (κ1) is 10.6. The molecule has 5 heteroatoms. The molecule has 3 nitrogen and oxygen atoms in total. The van der Waals surface area contributed by atoms with Crippen molar-refractivity contribution in [3.8, 4) is 0 Å². The summed E-state index contributed by atoms with van der Waals surface area (Å²) in [5.74, 6) is 0.878. The van der Waals surface area contributed by atoms with E-state index in [2.05, 4.69) is 16.9 Å². The van der Waals surface area contributed by atoms with Gasteiger partial charge in [-0.2, -0.15) is 0 Å². The van der Waals surface area contributed by atoms with E-state index in [0.29, 0.717) is 23.3 Å². The molecular formula is C8H11Cl2N3. The Kier molecular flexibility index (Phi) is 3.78. The molecule has 1 aromatic heterocycles. The lowest BCUT2D eigenvalue weighted by molar-refractivity contribution is 0.678. The third-order valence-corrected chi connectivity index (χ3v) is 2.11. The number of nitrogens with zero attached hydrogens (tertiary/aromatic N) is 2. The summed E-state index contributed by atoms with van der Waals surface area (Å²) in [7, 11) is 1.86. The molecular weight excluding hydrogens is 209 g/mol. The van der Waals surface area contributed by atoms with Crippen LogP contribution in [0.5, 0.6) is 0 Å². The van der Waals surface area contributed by atoms with Crippen LogP contribution in [0.4, 0.5) is 0 Å². The van der Waals surface area contributed by atoms with Gasteiger partial charge in [0.05, 0.1) is 12.7 Å². The van der Waals surface area contributed by atoms with Crippen LogP contribution >= 0.6 is 23.2 Å². The second-order valence-electron chi connectivity index (χ2n) is 2.68. The molecule has 0 unspecified atom stereocenters. The predicted molar refractivity (Wildman–Crippen MR) is 54.9 cm³/mol. The molecule has 1 aromatic rings. The summed E-state index contributed by atoms with van der Waals surface area (Å²) in [6.45, 7) is 4.77. The smallest absolute Gasteiger partial charge is 0.128 e. The summed E-state index contributed by atoms with van der Waals surface area (Å²) in [6.07, 6.45) is 1.62. The van der Waals surface area contributed by atoms with Crippen molar-refractivity contribution in [3.05, 3.63) is 28.8 Å². The molecule has 0 spiro atoms. The lowest BCUT2D eigenvalue weighted by Crippen LogP contribution is -2.17. The maximum Gasteiger partial charge on any atom is 0.128 e. The third-order valence-electron chi connectivity index (χ3n) is 1.63. The number of aromatic nitrogens is 2. The van der Waals surface area contributed by atoms with Crippen molar-refractivity contribution in [1.29, 1.82) is 0 Å². The van der Waals surface area contributed by atoms with Crippen LogP contribution in [0.25, 0.3) is 0 Å². The van der Waals surface area contributed by atoms with Crippen LogP contribution in [0, 0.1) is 0 Å². The Labute approximate surface area is 87.4 Å². The van der Waals surface area contributed by atoms with E-state index in [-0.39, 0.29) is 0 Å². The molecule has 0 aliphatic heterocycles. The van der Waals surface area contributed by atoms with Gasteiger partial charge >= 0.3 is 0 Å². The number of hydrogen-bond donors (Lipinski definition) is 1. The third kappa shape index (κ3) is 3.03. The minimum Gasteiger partial charge on any atom is -0.321 e. The summed E-state index contributed by atoms with van der Waals surface area (Å²) in [5, 5.41) is 4.29. The fraction of sp³-hybridized carbons (Fsp3) is 0.375. The molecule has 0 aliphatic carbocycles. The van der Waals surface area contributed by atoms with E-state index in [4.69, 9.17) is 23.2 Å². The van der Waals surface area contributed by atoms with Crippen LogP contribution in [-0.2, 0) is 13.6 Å². The van der Waals surface area contributed by atoms with Crippen molar-refractivity contribution in [1.82, 2.24) is 14.9 Å². The summed E-state index contributed by atoms with van der Waals surface area (Å²) in [5.41, 5.74) is 0. The molecule has 72 valence electrons. The lowest BCUT2D eigenvalue weighted by Gasteiger charge is -2.03. The van der Waals surface area contributed by atoms with E-state index in [0.717, 1.165) is 5.82 Å². The molecule has 1 heterocycles. The number of rotatable bonds is 4. The maximum atomic E-state index is 5.80. The van der Waals surface area contributed by atoms with Gasteiger partial charge in [-0.15, -0.1) is 0 Å². The zero-order valence-corrected chi connectivity index (χ0v) is 8.86. The number of hydrogen-bond acceptors (Lipinski definition) is 2. The Morgan fingerprint density at radius 3 is 2.92 bits per heavy atom. The first-order valence-electron chi connectivity index (χ1n) is 3.81. The fourth-order valence-electron chi connectivity index (χ4n) is 0.898. The topological polar surface area (TPSA) is 29.9 Å². The van der Waals surface area contributed by atoms with Gasteiger partial charge in [-0.3, -0.25) is 0 Å². The van der Waals surface area contributed by atoms with E-state index in [1.807, 2.05) is 11.6 Å². The van der Waals surface area contributed by atoms with Crippen molar-refractivity contribution in [2.24, 2.45) is 7.05 Å². The molecule has 0 aromatic carbocycles. The quantitative estimate of drug-likeness (QED) is 0.839. The van der Waals surface area contributed by atoms with Gasteiger partial charge in [0.1, 0.15) is 11.0 Å². The molecule has 1 rings (SSSR count). The molecule has 0 saturated heterocycles. The highest BCUT2D eigenvalue weighted by Crippen LogP contribution is 2.08. The molecule has 0 radical (unpaired) electrons. The van der Waals surface area contributed by atoms with Gasteiger partial charge in [-0.05, 0) is 0 Å². The van der Waals surface area contributed by atoms with E-state index in [1.54, 1.807) is 6.20 Å². The molecule has 0 bridgehead atoms. The van der Waals surface area contributed by atoms with Crippen molar-refractivity contribution in [2.75, 3.05) is 6.54 Å². The van der Waals surface area contributed by atoms with Gasteiger partial charge in [0, 0.05) is 18.6 Å². The second-order valence-corrected chi connectivity index (χ2v) is 3.60. The minimum absolute atomic E-state index is 0.575. The van der Waals surface area contributed by atoms with Gasteiger partial charge in [0.25, 0.3) is 0 Å². The summed E-state index contributed by atoms with van der Waals surface area (Å²) in [4.78, 5) is 4.11. The van der Waals surface area contributed by atoms with Crippen molar-refractivity contribution in [3.63, 3.8) is 0 Å². The van der Waals surface area contributed by atoms with Gasteiger partial charge in [-0.1, -0.05) is 29.8 Å². The first-order valence-corrected chi connectivity index (χ1v) is 4.57. The maximum absolute atomic E-state index is 5.80. The van der Waals surface area contributed by atoms with Crippen LogP contribution in [-0.4, -0.2) is 16.1 Å². The first-order chi connectivity index (χ1) is 6.11. The molecule has 0 aliphatic rings. The molecule has 0 saturated carbocycles. The normalized spacial score (nSPS) is 10.4. The zero-order chi connectivity index (χ0) is 9.84. The molecule has 13 heavy (non-hydrogen) atoms. The number of nitrogens with one attached hydrogen (secondary N) is 1. The molecule has 0 atom stereocenters. The largest absolute Gasteiger partial charge is 0.321 e. The number of imidazole rings is 1. The Hall–Kier alpha value is -0.510. The predicted octanol–water partition coefficient (Wildman–Crippen LogP) is 1.92. The van der Waals surface area contributed by atoms with E-state index >= 15 is 0 Å². The van der Waals surface area contributed by atoms with Crippen LogP contribution in [0.15, 0.2) is 17.8 Å². The monoisotopic (exact) mass is 219 g/mol. The van der Waals surface area contributed by atoms with Crippen LogP contribution in [0.1, 0.15) is 5.82 Å². The van der Waals surface area contributed by atoms with Crippen LogP contribution < -0.4 is 5.32 Å². The van der Waals surface area contributed by atoms with Crippen LogP contribution in [0.2, 0.25) is 5.15 Å². The van der Waals surface area contributed by atoms with Crippen molar-refractivity contribution < 1.29 is 0 Å². The van der Waals surface area contributed by atoms with Gasteiger partial charge in [-0.25, -0.2) is 4.98 Å². The van der Waals surface area contributed by atoms with Gasteiger partial charge in [0.2, 0.25) is 0 Å². The van der Waals surface area contributed by atoms with Crippen molar-refractivity contribution in [2.45, 2.75) is 6.54 Å². The molecule has 0 fully saturated rings. The SMILES string of the molecule is C=C(Cl)CNCc1ncc(Cl)n1C. The van der Waals surface area contributed by atoms with E-state index < -0.39 is 0 Å². The van der Waals surface area contributed by atoms with Gasteiger partial charge < -0.3 is 9.88 Å². The minimum atomic E-state index is 0.575. The average molecular weight is 220 g/mol. The second kappa shape index (κ2) is 4.65. The Bertz CT molecular complexity index is 306. The Morgan fingerprint density at radius 1 is 1.77 bits per heavy atom. The summed E-state index contributed by atoms with van der Waals surface area (Å²) >= 11 is 11.4. The van der Waals surface area contributed by atoms with Crippen molar-refractivity contribution >= 4 is 23.2 Å². The Balaban J connectivity index is 2.45. The molecule has 1 N–H and O–H groups in total. The highest BCUT2D eigenvalue weighted by molar-refractivity contribution is 6.29. The highest BCUT2D eigenvalue weighted by atomic mass is 35.5. The van der Waals surface area contributed by atoms with Gasteiger partial charge in [0.15, 0.2) is 0 Å². The van der Waals surface area contributed by atoms with E-state index in [1.165, 1.54) is 0 Å². The standard InChI is InChI=1S/C8H11Cl2N3/c1-6(9)3-11-5-8-12-4-7(10)13(8)2/h4,11H,1,3,5H2,2H3. The summed E-state index contributed by atoms with van der Waals surface area (Å²) < 4.78 is 1.81. The van der Waals surface area contributed by atoms with Crippen LogP contribution in [0.3, 0.4) is 0 Å². The lowest BCUT2D eigenvalue weighted by atomic mass is 10.5. The molecule has 0 amide bonds. The summed E-state index contributed by atoms with van der Waals surface area (Å²) in [6, 6.07) is 0.